The maximum atomic E-state index is 12.3. The molecule has 190 valence electrons. The van der Waals surface area contributed by atoms with E-state index in [4.69, 9.17) is 14.5 Å². The molecule has 2 atom stereocenters. The molecule has 1 saturated heterocycles. The molecule has 2 aliphatic rings. The summed E-state index contributed by atoms with van der Waals surface area (Å²) in [5.74, 6) is -0.819. The van der Waals surface area contributed by atoms with E-state index in [1.807, 2.05) is 43.0 Å². The van der Waals surface area contributed by atoms with Crippen molar-refractivity contribution in [3.05, 3.63) is 64.5 Å². The van der Waals surface area contributed by atoms with E-state index < -0.39 is 12.0 Å². The van der Waals surface area contributed by atoms with E-state index in [-0.39, 0.29) is 12.2 Å². The van der Waals surface area contributed by atoms with E-state index in [2.05, 4.69) is 12.1 Å². The second-order valence-corrected chi connectivity index (χ2v) is 10.1. The summed E-state index contributed by atoms with van der Waals surface area (Å²) in [5.41, 5.74) is 5.69. The van der Waals surface area contributed by atoms with E-state index in [9.17, 15) is 9.90 Å². The van der Waals surface area contributed by atoms with Crippen molar-refractivity contribution >= 4 is 5.97 Å². The van der Waals surface area contributed by atoms with Gasteiger partial charge in [0.2, 0.25) is 0 Å². The zero-order valence-corrected chi connectivity index (χ0v) is 21.2. The van der Waals surface area contributed by atoms with Crippen LogP contribution in [0.3, 0.4) is 0 Å². The molecule has 1 aromatic heterocycles. The number of pyridine rings is 1. The van der Waals surface area contributed by atoms with E-state index in [1.54, 1.807) is 0 Å². The fourth-order valence-electron chi connectivity index (χ4n) is 5.22. The molecule has 0 radical (unpaired) electrons. The van der Waals surface area contributed by atoms with Crippen molar-refractivity contribution in [1.82, 2.24) is 9.88 Å². The summed E-state index contributed by atoms with van der Waals surface area (Å²) < 4.78 is 11.9. The number of hydrogen-bond donors (Lipinski definition) is 1. The predicted molar refractivity (Wildman–Crippen MR) is 136 cm³/mol. The quantitative estimate of drug-likeness (QED) is 0.425. The van der Waals surface area contributed by atoms with Gasteiger partial charge in [0.25, 0.3) is 0 Å². The summed E-state index contributed by atoms with van der Waals surface area (Å²) in [6.07, 6.45) is 8.93. The molecule has 2 aromatic rings. The van der Waals surface area contributed by atoms with Crippen LogP contribution in [0.25, 0.3) is 0 Å². The minimum absolute atomic E-state index is 0.0813. The van der Waals surface area contributed by atoms with Crippen molar-refractivity contribution in [2.45, 2.75) is 90.1 Å². The lowest BCUT2D eigenvalue weighted by molar-refractivity contribution is -0.143. The Morgan fingerprint density at radius 1 is 1.14 bits per heavy atom. The number of likely N-dealkylation sites (tertiary alicyclic amines) is 1. The van der Waals surface area contributed by atoms with Crippen LogP contribution in [0.15, 0.2) is 36.4 Å². The summed E-state index contributed by atoms with van der Waals surface area (Å²) in [5, 5.41) is 10.1. The molecule has 0 spiro atoms. The number of carboxylic acid groups (broad SMARTS) is 1. The first-order valence-corrected chi connectivity index (χ1v) is 13.3. The van der Waals surface area contributed by atoms with Crippen LogP contribution in [0.4, 0.5) is 0 Å². The highest BCUT2D eigenvalue weighted by atomic mass is 16.5. The van der Waals surface area contributed by atoms with Crippen molar-refractivity contribution in [3.63, 3.8) is 0 Å². The van der Waals surface area contributed by atoms with Crippen molar-refractivity contribution in [3.8, 4) is 0 Å². The number of aromatic nitrogens is 1. The van der Waals surface area contributed by atoms with Gasteiger partial charge in [0.15, 0.2) is 0 Å². The number of hydrogen-bond acceptors (Lipinski definition) is 5. The van der Waals surface area contributed by atoms with Gasteiger partial charge in [-0.05, 0) is 88.0 Å². The predicted octanol–water partition coefficient (Wildman–Crippen LogP) is 5.12. The smallest absolute Gasteiger partial charge is 0.325 e. The molecule has 1 aromatic carbocycles. The Hall–Kier alpha value is -2.28. The van der Waals surface area contributed by atoms with Crippen molar-refractivity contribution in [1.29, 1.82) is 0 Å². The van der Waals surface area contributed by atoms with E-state index >= 15 is 0 Å². The minimum Gasteiger partial charge on any atom is -0.480 e. The second kappa shape index (κ2) is 12.6. The molecule has 6 nitrogen and oxygen atoms in total. The highest BCUT2D eigenvalue weighted by molar-refractivity contribution is 5.76. The standard InChI is InChI=1S/C29H40N2O4/c1-21(2)35-20-23-10-3-5-12-26(23)28(29(32)33)31-17-16-25(19-31)34-18-8-7-11-24-15-14-22-9-4-6-13-27(22)30-24/h3,5,10,12,14-15,21,25,28H,4,6-9,11,13,16-20H2,1-2H3,(H,32,33)/t25-,28?/m1/s1. The Morgan fingerprint density at radius 3 is 2.80 bits per heavy atom. The molecule has 4 rings (SSSR count). The van der Waals surface area contributed by atoms with Gasteiger partial charge in [-0.2, -0.15) is 0 Å². The Bertz CT molecular complexity index is 977. The van der Waals surface area contributed by atoms with E-state index in [0.717, 1.165) is 49.8 Å². The SMILES string of the molecule is CC(C)OCc1ccccc1C(C(=O)O)N1CC[C@@H](OCCCCc2ccc3c(n2)CCCC3)C1. The molecule has 1 aliphatic carbocycles. The molecule has 1 N–H and O–H groups in total. The van der Waals surface area contributed by atoms with Gasteiger partial charge in [-0.15, -0.1) is 0 Å². The summed E-state index contributed by atoms with van der Waals surface area (Å²) in [7, 11) is 0. The van der Waals surface area contributed by atoms with Crippen molar-refractivity contribution in [2.24, 2.45) is 0 Å². The summed E-state index contributed by atoms with van der Waals surface area (Å²) in [4.78, 5) is 19.2. The monoisotopic (exact) mass is 480 g/mol. The molecule has 2 heterocycles. The molecule has 0 bridgehead atoms. The number of aryl methyl sites for hydroxylation is 3. The third kappa shape index (κ3) is 7.12. The van der Waals surface area contributed by atoms with Gasteiger partial charge in [-0.1, -0.05) is 30.3 Å². The van der Waals surface area contributed by atoms with Crippen LogP contribution in [0.5, 0.6) is 0 Å². The normalized spacial score (nSPS) is 19.1. The summed E-state index contributed by atoms with van der Waals surface area (Å²) in [6, 6.07) is 11.5. The fourth-order valence-corrected chi connectivity index (χ4v) is 5.22. The molecule has 1 fully saturated rings. The molecular formula is C29H40N2O4. The molecule has 1 unspecified atom stereocenters. The zero-order valence-electron chi connectivity index (χ0n) is 21.2. The van der Waals surface area contributed by atoms with Crippen LogP contribution in [0.2, 0.25) is 0 Å². The lowest BCUT2D eigenvalue weighted by Gasteiger charge is -2.26. The lowest BCUT2D eigenvalue weighted by Crippen LogP contribution is -2.34. The third-order valence-corrected chi connectivity index (χ3v) is 7.11. The van der Waals surface area contributed by atoms with Gasteiger partial charge >= 0.3 is 5.97 Å². The highest BCUT2D eigenvalue weighted by Crippen LogP contribution is 2.30. The van der Waals surface area contributed by atoms with Gasteiger partial charge in [0, 0.05) is 31.1 Å². The van der Waals surface area contributed by atoms with E-state index in [0.29, 0.717) is 19.8 Å². The number of ether oxygens (including phenoxy) is 2. The van der Waals surface area contributed by atoms with Gasteiger partial charge in [0.05, 0.1) is 18.8 Å². The number of unbranched alkanes of at least 4 members (excludes halogenated alkanes) is 1. The van der Waals surface area contributed by atoms with Crippen LogP contribution in [-0.4, -0.2) is 52.9 Å². The Labute approximate surface area is 209 Å². The maximum Gasteiger partial charge on any atom is 0.325 e. The first-order chi connectivity index (χ1) is 17.0. The lowest BCUT2D eigenvalue weighted by atomic mass is 9.95. The highest BCUT2D eigenvalue weighted by Gasteiger charge is 2.35. The number of benzene rings is 1. The van der Waals surface area contributed by atoms with Gasteiger partial charge < -0.3 is 14.6 Å². The van der Waals surface area contributed by atoms with Crippen LogP contribution in [-0.2, 0) is 40.1 Å². The molecule has 1 aliphatic heterocycles. The average molecular weight is 481 g/mol. The molecule has 0 saturated carbocycles. The van der Waals surface area contributed by atoms with E-state index in [1.165, 1.54) is 36.2 Å². The zero-order chi connectivity index (χ0) is 24.6. The van der Waals surface area contributed by atoms with Gasteiger partial charge in [0.1, 0.15) is 6.04 Å². The number of nitrogens with zero attached hydrogens (tertiary/aromatic N) is 2. The summed E-state index contributed by atoms with van der Waals surface area (Å²) in [6.45, 7) is 6.47. The van der Waals surface area contributed by atoms with Crippen molar-refractivity contribution < 1.29 is 19.4 Å². The largest absolute Gasteiger partial charge is 0.480 e. The average Bonchev–Trinajstić information content (AvgIpc) is 3.31. The van der Waals surface area contributed by atoms with Crippen LogP contribution >= 0.6 is 0 Å². The third-order valence-electron chi connectivity index (χ3n) is 7.11. The number of fused-ring (bicyclic) bond motifs is 1. The Kier molecular flexibility index (Phi) is 9.30. The fraction of sp³-hybridized carbons (Fsp3) is 0.586. The minimum atomic E-state index is -0.819. The van der Waals surface area contributed by atoms with Gasteiger partial charge in [-0.3, -0.25) is 14.7 Å². The van der Waals surface area contributed by atoms with Gasteiger partial charge in [-0.25, -0.2) is 0 Å². The van der Waals surface area contributed by atoms with Crippen LogP contribution < -0.4 is 0 Å². The Morgan fingerprint density at radius 2 is 1.97 bits per heavy atom. The first-order valence-electron chi connectivity index (χ1n) is 13.3. The number of carbonyl (C=O) groups is 1. The number of carboxylic acids is 1. The second-order valence-electron chi connectivity index (χ2n) is 10.1. The first kappa shape index (κ1) is 25.8. The molecular weight excluding hydrogens is 440 g/mol. The number of aliphatic carboxylic acids is 1. The Balaban J connectivity index is 1.24. The van der Waals surface area contributed by atoms with Crippen LogP contribution in [0.1, 0.15) is 80.1 Å². The molecule has 0 amide bonds. The molecule has 6 heteroatoms. The number of rotatable bonds is 12. The molecule has 35 heavy (non-hydrogen) atoms. The topological polar surface area (TPSA) is 71.9 Å². The van der Waals surface area contributed by atoms with Crippen LogP contribution in [0, 0.1) is 0 Å². The summed E-state index contributed by atoms with van der Waals surface area (Å²) >= 11 is 0. The maximum absolute atomic E-state index is 12.3. The van der Waals surface area contributed by atoms with Crippen molar-refractivity contribution in [2.75, 3.05) is 19.7 Å².